The summed E-state index contributed by atoms with van der Waals surface area (Å²) in [6, 6.07) is 8.37. The molecule has 4 nitrogen and oxygen atoms in total. The first-order valence-electron chi connectivity index (χ1n) is 6.94. The molecule has 1 heterocycles. The van der Waals surface area contributed by atoms with Crippen LogP contribution in [0.2, 0.25) is 0 Å². The van der Waals surface area contributed by atoms with Crippen LogP contribution in [0.1, 0.15) is 24.1 Å². The molecule has 2 N–H and O–H groups in total. The Morgan fingerprint density at radius 3 is 2.58 bits per heavy atom. The minimum atomic E-state index is 0.0658. The highest BCUT2D eigenvalue weighted by Gasteiger charge is 2.15. The molecule has 1 atom stereocenters. The molecule has 0 aromatic heterocycles. The Hall–Kier alpha value is -1.39. The number of hydrogen-bond acceptors (Lipinski definition) is 3. The molecule has 4 heteroatoms. The maximum atomic E-state index is 12.0. The highest BCUT2D eigenvalue weighted by Crippen LogP contribution is 2.12. The van der Waals surface area contributed by atoms with Crippen molar-refractivity contribution >= 4 is 5.91 Å². The van der Waals surface area contributed by atoms with Crippen LogP contribution in [-0.4, -0.2) is 43.5 Å². The summed E-state index contributed by atoms with van der Waals surface area (Å²) in [4.78, 5) is 14.2. The zero-order valence-electron chi connectivity index (χ0n) is 11.8. The van der Waals surface area contributed by atoms with Crippen molar-refractivity contribution < 1.29 is 4.79 Å². The van der Waals surface area contributed by atoms with E-state index >= 15 is 0 Å². The van der Waals surface area contributed by atoms with Gasteiger partial charge >= 0.3 is 0 Å². The number of nitrogens with one attached hydrogen (secondary N) is 2. The maximum absolute atomic E-state index is 12.0. The van der Waals surface area contributed by atoms with E-state index in [1.54, 1.807) is 0 Å². The standard InChI is InChI=1S/C15H23N3O/c1-12-3-5-14(6-4-12)13(2)17-15(19)11-18-9-7-16-8-10-18/h3-6,13,16H,7-11H2,1-2H3,(H,17,19)/t13-/m0/s1. The average molecular weight is 261 g/mol. The molecule has 1 amide bonds. The number of carbonyl (C=O) groups is 1. The lowest BCUT2D eigenvalue weighted by Crippen LogP contribution is -2.47. The summed E-state index contributed by atoms with van der Waals surface area (Å²) < 4.78 is 0. The number of piperazine rings is 1. The number of hydrogen-bond donors (Lipinski definition) is 2. The minimum absolute atomic E-state index is 0.0658. The van der Waals surface area contributed by atoms with Gasteiger partial charge in [0.1, 0.15) is 0 Å². The molecule has 2 rings (SSSR count). The van der Waals surface area contributed by atoms with Gasteiger partial charge in [-0.05, 0) is 19.4 Å². The molecule has 0 aliphatic carbocycles. The lowest BCUT2D eigenvalue weighted by molar-refractivity contribution is -0.123. The zero-order chi connectivity index (χ0) is 13.7. The highest BCUT2D eigenvalue weighted by molar-refractivity contribution is 5.78. The van der Waals surface area contributed by atoms with Crippen LogP contribution in [0.5, 0.6) is 0 Å². The summed E-state index contributed by atoms with van der Waals surface area (Å²) >= 11 is 0. The molecule has 1 aromatic rings. The molecule has 0 spiro atoms. The van der Waals surface area contributed by atoms with Gasteiger partial charge in [-0.1, -0.05) is 29.8 Å². The Kier molecular flexibility index (Phi) is 4.93. The van der Waals surface area contributed by atoms with Gasteiger partial charge in [-0.2, -0.15) is 0 Å². The lowest BCUT2D eigenvalue weighted by Gasteiger charge is -2.27. The summed E-state index contributed by atoms with van der Waals surface area (Å²) in [6.07, 6.45) is 0. The second kappa shape index (κ2) is 6.68. The van der Waals surface area contributed by atoms with E-state index in [0.29, 0.717) is 6.54 Å². The van der Waals surface area contributed by atoms with Gasteiger partial charge in [-0.3, -0.25) is 9.69 Å². The predicted molar refractivity (Wildman–Crippen MR) is 77.0 cm³/mol. The van der Waals surface area contributed by atoms with Crippen molar-refractivity contribution in [2.24, 2.45) is 0 Å². The largest absolute Gasteiger partial charge is 0.348 e. The molecule has 0 unspecified atom stereocenters. The number of benzene rings is 1. The number of nitrogens with zero attached hydrogens (tertiary/aromatic N) is 1. The van der Waals surface area contributed by atoms with Crippen LogP contribution in [0.3, 0.4) is 0 Å². The van der Waals surface area contributed by atoms with E-state index in [1.807, 2.05) is 6.92 Å². The fourth-order valence-electron chi connectivity index (χ4n) is 2.30. The Morgan fingerprint density at radius 1 is 1.32 bits per heavy atom. The third kappa shape index (κ3) is 4.33. The van der Waals surface area contributed by atoms with E-state index in [-0.39, 0.29) is 11.9 Å². The van der Waals surface area contributed by atoms with E-state index in [0.717, 1.165) is 31.7 Å². The first kappa shape index (κ1) is 14.0. The third-order valence-corrected chi connectivity index (χ3v) is 3.53. The lowest BCUT2D eigenvalue weighted by atomic mass is 10.1. The fraction of sp³-hybridized carbons (Fsp3) is 0.533. The van der Waals surface area contributed by atoms with Crippen molar-refractivity contribution in [1.29, 1.82) is 0 Å². The quantitative estimate of drug-likeness (QED) is 0.852. The van der Waals surface area contributed by atoms with Gasteiger partial charge in [-0.15, -0.1) is 0 Å². The van der Waals surface area contributed by atoms with Crippen molar-refractivity contribution in [3.8, 4) is 0 Å². The Morgan fingerprint density at radius 2 is 1.95 bits per heavy atom. The smallest absolute Gasteiger partial charge is 0.234 e. The number of carbonyl (C=O) groups excluding carboxylic acids is 1. The molecule has 1 aromatic carbocycles. The number of rotatable bonds is 4. The molecule has 1 saturated heterocycles. The molecule has 0 radical (unpaired) electrons. The molecule has 1 aliphatic heterocycles. The van der Waals surface area contributed by atoms with Gasteiger partial charge in [0.2, 0.25) is 5.91 Å². The number of amides is 1. The Bertz CT molecular complexity index is 410. The summed E-state index contributed by atoms with van der Waals surface area (Å²) in [6.45, 7) is 8.44. The molecule has 104 valence electrons. The van der Waals surface area contributed by atoms with Gasteiger partial charge in [0, 0.05) is 26.2 Å². The van der Waals surface area contributed by atoms with Crippen molar-refractivity contribution in [1.82, 2.24) is 15.5 Å². The predicted octanol–water partition coefficient (Wildman–Crippen LogP) is 1.08. The van der Waals surface area contributed by atoms with Gasteiger partial charge < -0.3 is 10.6 Å². The van der Waals surface area contributed by atoms with Crippen molar-refractivity contribution in [3.63, 3.8) is 0 Å². The normalized spacial score (nSPS) is 18.0. The molecule has 1 aliphatic rings. The first-order chi connectivity index (χ1) is 9.15. The summed E-state index contributed by atoms with van der Waals surface area (Å²) in [7, 11) is 0. The van der Waals surface area contributed by atoms with E-state index < -0.39 is 0 Å². The molecule has 0 bridgehead atoms. The van der Waals surface area contributed by atoms with Gasteiger partial charge in [0.05, 0.1) is 12.6 Å². The van der Waals surface area contributed by atoms with Crippen LogP contribution >= 0.6 is 0 Å². The van der Waals surface area contributed by atoms with Crippen LogP contribution in [0.25, 0.3) is 0 Å². The van der Waals surface area contributed by atoms with E-state index in [4.69, 9.17) is 0 Å². The first-order valence-corrected chi connectivity index (χ1v) is 6.94. The second-order valence-electron chi connectivity index (χ2n) is 5.23. The van der Waals surface area contributed by atoms with Crippen LogP contribution in [0, 0.1) is 6.92 Å². The van der Waals surface area contributed by atoms with Gasteiger partial charge in [0.25, 0.3) is 0 Å². The topological polar surface area (TPSA) is 44.4 Å². The molecule has 1 fully saturated rings. The molecular weight excluding hydrogens is 238 g/mol. The molecule has 0 saturated carbocycles. The zero-order valence-corrected chi connectivity index (χ0v) is 11.8. The van der Waals surface area contributed by atoms with Crippen LogP contribution in [0.4, 0.5) is 0 Å². The van der Waals surface area contributed by atoms with Crippen molar-refractivity contribution in [2.45, 2.75) is 19.9 Å². The van der Waals surface area contributed by atoms with Crippen LogP contribution < -0.4 is 10.6 Å². The van der Waals surface area contributed by atoms with Crippen molar-refractivity contribution in [3.05, 3.63) is 35.4 Å². The fourth-order valence-corrected chi connectivity index (χ4v) is 2.30. The second-order valence-corrected chi connectivity index (χ2v) is 5.23. The summed E-state index contributed by atoms with van der Waals surface area (Å²) in [5.41, 5.74) is 2.39. The van der Waals surface area contributed by atoms with E-state index in [2.05, 4.69) is 46.7 Å². The molecule has 19 heavy (non-hydrogen) atoms. The summed E-state index contributed by atoms with van der Waals surface area (Å²) in [5, 5.41) is 6.35. The van der Waals surface area contributed by atoms with E-state index in [9.17, 15) is 4.79 Å². The minimum Gasteiger partial charge on any atom is -0.348 e. The third-order valence-electron chi connectivity index (χ3n) is 3.53. The average Bonchev–Trinajstić information content (AvgIpc) is 2.40. The van der Waals surface area contributed by atoms with Gasteiger partial charge in [0.15, 0.2) is 0 Å². The maximum Gasteiger partial charge on any atom is 0.234 e. The van der Waals surface area contributed by atoms with Crippen LogP contribution in [0.15, 0.2) is 24.3 Å². The monoisotopic (exact) mass is 261 g/mol. The molecular formula is C15H23N3O. The highest BCUT2D eigenvalue weighted by atomic mass is 16.2. The summed E-state index contributed by atoms with van der Waals surface area (Å²) in [5.74, 6) is 0.106. The SMILES string of the molecule is Cc1ccc([C@H](C)NC(=O)CN2CCNCC2)cc1. The Balaban J connectivity index is 1.82. The Labute approximate surface area is 115 Å². The van der Waals surface area contributed by atoms with Crippen molar-refractivity contribution in [2.75, 3.05) is 32.7 Å². The van der Waals surface area contributed by atoms with Crippen LogP contribution in [-0.2, 0) is 4.79 Å². The van der Waals surface area contributed by atoms with E-state index in [1.165, 1.54) is 5.56 Å². The van der Waals surface area contributed by atoms with Gasteiger partial charge in [-0.25, -0.2) is 0 Å². The number of aryl methyl sites for hydroxylation is 1.